The Kier molecular flexibility index (Phi) is 3.84. The predicted molar refractivity (Wildman–Crippen MR) is 75.9 cm³/mol. The van der Waals surface area contributed by atoms with Crippen molar-refractivity contribution in [1.82, 2.24) is 9.78 Å². The average molecular weight is 442 g/mol. The van der Waals surface area contributed by atoms with Crippen LogP contribution in [0.3, 0.4) is 0 Å². The van der Waals surface area contributed by atoms with Crippen molar-refractivity contribution in [3.63, 3.8) is 0 Å². The van der Waals surface area contributed by atoms with E-state index in [2.05, 4.69) is 83.8 Å². The molecule has 0 aliphatic heterocycles. The van der Waals surface area contributed by atoms with E-state index in [9.17, 15) is 0 Å². The third-order valence-corrected chi connectivity index (χ3v) is 3.69. The molecule has 0 bridgehead atoms. The Labute approximate surface area is 118 Å². The maximum Gasteiger partial charge on any atom is 0.129 e. The van der Waals surface area contributed by atoms with Crippen molar-refractivity contribution >= 4 is 54.5 Å². The number of aromatic nitrogens is 2. The molecule has 78 valence electrons. The fourth-order valence-electron chi connectivity index (χ4n) is 1.24. The number of benzene rings is 1. The third kappa shape index (κ3) is 3.04. The fourth-order valence-corrected chi connectivity index (χ4v) is 2.73. The van der Waals surface area contributed by atoms with E-state index in [1.807, 2.05) is 10.7 Å². The number of rotatable bonds is 2. The van der Waals surface area contributed by atoms with E-state index in [1.165, 1.54) is 9.13 Å². The summed E-state index contributed by atoms with van der Waals surface area (Å²) in [5.74, 6) is 0. The maximum atomic E-state index is 4.31. The molecule has 1 heterocycles. The van der Waals surface area contributed by atoms with Gasteiger partial charge in [-0.25, -0.2) is 0 Å². The van der Waals surface area contributed by atoms with Crippen LogP contribution in [-0.2, 0) is 6.54 Å². The largest absolute Gasteiger partial charge is 0.253 e. The van der Waals surface area contributed by atoms with Gasteiger partial charge in [-0.3, -0.25) is 4.68 Å². The number of hydrogen-bond donors (Lipinski definition) is 0. The van der Waals surface area contributed by atoms with Crippen molar-refractivity contribution in [1.29, 1.82) is 0 Å². The summed E-state index contributed by atoms with van der Waals surface area (Å²) in [7, 11) is 0. The van der Waals surface area contributed by atoms with Crippen molar-refractivity contribution in [3.05, 3.63) is 48.7 Å². The summed E-state index contributed by atoms with van der Waals surface area (Å²) in [6, 6.07) is 10.4. The molecule has 0 saturated carbocycles. The van der Waals surface area contributed by atoms with Gasteiger partial charge in [-0.1, -0.05) is 12.1 Å². The fraction of sp³-hybridized carbons (Fsp3) is 0.100. The summed E-state index contributed by atoms with van der Waals surface area (Å²) in [6.07, 6.45) is 0. The van der Waals surface area contributed by atoms with Crippen molar-refractivity contribution in [2.24, 2.45) is 0 Å². The van der Waals surface area contributed by atoms with Gasteiger partial charge in [0, 0.05) is 9.64 Å². The molecule has 2 nitrogen and oxygen atoms in total. The molecular weight excluding hydrogens is 435 g/mol. The maximum absolute atomic E-state index is 4.31. The molecule has 0 fully saturated rings. The van der Waals surface area contributed by atoms with Crippen molar-refractivity contribution in [2.75, 3.05) is 0 Å². The highest BCUT2D eigenvalue weighted by atomic mass is 127. The summed E-state index contributed by atoms with van der Waals surface area (Å²) in [5, 5.41) is 4.31. The highest BCUT2D eigenvalue weighted by Gasteiger charge is 2.03. The Morgan fingerprint density at radius 1 is 1.20 bits per heavy atom. The summed E-state index contributed by atoms with van der Waals surface area (Å²) >= 11 is 9.10. The minimum atomic E-state index is 0.781. The quantitative estimate of drug-likeness (QED) is 0.643. The number of halogens is 3. The molecule has 1 aromatic heterocycles. The van der Waals surface area contributed by atoms with Gasteiger partial charge in [-0.2, -0.15) is 5.10 Å². The van der Waals surface area contributed by atoms with Gasteiger partial charge >= 0.3 is 0 Å². The molecule has 0 unspecified atom stereocenters. The van der Waals surface area contributed by atoms with Gasteiger partial charge in [-0.15, -0.1) is 0 Å². The number of nitrogens with zero attached hydrogens (tertiary/aromatic N) is 2. The lowest BCUT2D eigenvalue weighted by Gasteiger charge is -2.03. The lowest BCUT2D eigenvalue weighted by Crippen LogP contribution is -2.01. The molecule has 0 N–H and O–H groups in total. The van der Waals surface area contributed by atoms with Crippen LogP contribution < -0.4 is 0 Å². The van der Waals surface area contributed by atoms with Crippen LogP contribution in [0.5, 0.6) is 0 Å². The van der Waals surface area contributed by atoms with E-state index in [0.29, 0.717) is 0 Å². The summed E-state index contributed by atoms with van der Waals surface area (Å²) in [5.41, 5.74) is 1.24. The van der Waals surface area contributed by atoms with Gasteiger partial charge < -0.3 is 0 Å². The Morgan fingerprint density at radius 2 is 1.87 bits per heavy atom. The minimum absolute atomic E-state index is 0.781. The highest BCUT2D eigenvalue weighted by Crippen LogP contribution is 2.18. The van der Waals surface area contributed by atoms with Crippen molar-refractivity contribution < 1.29 is 0 Å². The van der Waals surface area contributed by atoms with Crippen LogP contribution in [0.25, 0.3) is 0 Å². The zero-order valence-corrected chi connectivity index (χ0v) is 13.0. The van der Waals surface area contributed by atoms with Crippen molar-refractivity contribution in [3.8, 4) is 0 Å². The Morgan fingerprint density at radius 3 is 2.40 bits per heavy atom. The molecule has 2 aromatic rings. The zero-order valence-electron chi connectivity index (χ0n) is 7.62. The van der Waals surface area contributed by atoms with Crippen LogP contribution in [0.1, 0.15) is 5.56 Å². The molecule has 0 radical (unpaired) electrons. The average Bonchev–Trinajstić information content (AvgIpc) is 2.49. The minimum Gasteiger partial charge on any atom is -0.253 e. The zero-order chi connectivity index (χ0) is 10.8. The van der Waals surface area contributed by atoms with E-state index < -0.39 is 0 Å². The monoisotopic (exact) mass is 440 g/mol. The summed E-state index contributed by atoms with van der Waals surface area (Å²) < 4.78 is 4.98. The van der Waals surface area contributed by atoms with Gasteiger partial charge in [0.2, 0.25) is 0 Å². The first kappa shape index (κ1) is 11.6. The predicted octanol–water partition coefficient (Wildman–Crippen LogP) is 4.06. The van der Waals surface area contributed by atoms with Gasteiger partial charge in [-0.05, 0) is 72.1 Å². The molecule has 0 aliphatic rings. The molecule has 2 rings (SSSR count). The van der Waals surface area contributed by atoms with Gasteiger partial charge in [0.25, 0.3) is 0 Å². The van der Waals surface area contributed by atoms with Crippen molar-refractivity contribution in [2.45, 2.75) is 6.54 Å². The lowest BCUT2D eigenvalue weighted by atomic mass is 10.2. The second-order valence-corrected chi connectivity index (χ2v) is 5.94. The second-order valence-electron chi connectivity index (χ2n) is 3.07. The number of hydrogen-bond acceptors (Lipinski definition) is 1. The normalized spacial score (nSPS) is 10.6. The van der Waals surface area contributed by atoms with Gasteiger partial charge in [0.15, 0.2) is 0 Å². The summed E-state index contributed by atoms with van der Waals surface area (Å²) in [4.78, 5) is 0. The summed E-state index contributed by atoms with van der Waals surface area (Å²) in [6.45, 7) is 0.781. The van der Waals surface area contributed by atoms with E-state index in [4.69, 9.17) is 0 Å². The first-order valence-corrected chi connectivity index (χ1v) is 6.95. The molecule has 0 aliphatic carbocycles. The van der Waals surface area contributed by atoms with Crippen LogP contribution in [0.4, 0.5) is 0 Å². The van der Waals surface area contributed by atoms with Gasteiger partial charge in [0.1, 0.15) is 9.21 Å². The van der Waals surface area contributed by atoms with E-state index >= 15 is 0 Å². The van der Waals surface area contributed by atoms with Crippen LogP contribution in [-0.4, -0.2) is 9.78 Å². The van der Waals surface area contributed by atoms with Gasteiger partial charge in [0.05, 0.1) is 6.54 Å². The first-order chi connectivity index (χ1) is 7.15. The SMILES string of the molecule is Brc1cc(Br)n(Cc2ccc(I)cc2)n1. The van der Waals surface area contributed by atoms with Crippen LogP contribution in [0.15, 0.2) is 39.5 Å². The molecule has 15 heavy (non-hydrogen) atoms. The topological polar surface area (TPSA) is 17.8 Å². The molecule has 1 aromatic carbocycles. The highest BCUT2D eigenvalue weighted by molar-refractivity contribution is 14.1. The van der Waals surface area contributed by atoms with E-state index in [0.717, 1.165) is 15.8 Å². The first-order valence-electron chi connectivity index (χ1n) is 4.28. The molecule has 5 heteroatoms. The molecular formula is C10H7Br2IN2. The van der Waals surface area contributed by atoms with Crippen LogP contribution in [0.2, 0.25) is 0 Å². The lowest BCUT2D eigenvalue weighted by molar-refractivity contribution is 0.667. The Hall–Kier alpha value is 0.120. The Balaban J connectivity index is 2.21. The molecule has 0 amide bonds. The van der Waals surface area contributed by atoms with Crippen LogP contribution >= 0.6 is 54.5 Å². The van der Waals surface area contributed by atoms with E-state index in [-0.39, 0.29) is 0 Å². The van der Waals surface area contributed by atoms with Crippen LogP contribution in [0, 0.1) is 3.57 Å². The molecule has 0 saturated heterocycles. The standard InChI is InChI=1S/C10H7Br2IN2/c11-9-5-10(12)15(14-9)6-7-1-3-8(13)4-2-7/h1-5H,6H2. The second kappa shape index (κ2) is 4.97. The third-order valence-electron chi connectivity index (χ3n) is 1.95. The molecule has 0 spiro atoms. The smallest absolute Gasteiger partial charge is 0.129 e. The Bertz CT molecular complexity index is 465. The van der Waals surface area contributed by atoms with E-state index in [1.54, 1.807) is 0 Å². The molecule has 0 atom stereocenters.